The van der Waals surface area contributed by atoms with Gasteiger partial charge in [0.2, 0.25) is 0 Å². The molecule has 2 rings (SSSR count). The third-order valence-corrected chi connectivity index (χ3v) is 3.40. The Labute approximate surface area is 143 Å². The molecule has 0 aliphatic rings. The van der Waals surface area contributed by atoms with Crippen LogP contribution in [0.3, 0.4) is 0 Å². The lowest BCUT2D eigenvalue weighted by Crippen LogP contribution is -2.12. The second kappa shape index (κ2) is 8.26. The summed E-state index contributed by atoms with van der Waals surface area (Å²) in [4.78, 5) is 23.6. The van der Waals surface area contributed by atoms with Crippen LogP contribution >= 0.6 is 11.6 Å². The van der Waals surface area contributed by atoms with Crippen molar-refractivity contribution in [3.8, 4) is 5.75 Å². The Bertz CT molecular complexity index is 769. The van der Waals surface area contributed by atoms with Gasteiger partial charge >= 0.3 is 5.97 Å². The van der Waals surface area contributed by atoms with Gasteiger partial charge in [0.25, 0.3) is 0 Å². The van der Waals surface area contributed by atoms with Gasteiger partial charge in [-0.2, -0.15) is 0 Å². The van der Waals surface area contributed by atoms with Crippen LogP contribution in [0.4, 0.5) is 4.39 Å². The van der Waals surface area contributed by atoms with Crippen molar-refractivity contribution in [2.75, 3.05) is 13.7 Å². The molecule has 0 saturated heterocycles. The van der Waals surface area contributed by atoms with Crippen molar-refractivity contribution in [1.82, 2.24) is 0 Å². The van der Waals surface area contributed by atoms with E-state index in [2.05, 4.69) is 0 Å². The standard InChI is InChI=1S/C18H14ClFO4/c1-23-17-8-5-13(10-15(17)19)16(21)11-24-18(22)9-4-12-2-6-14(20)7-3-12/h2-10H,11H2,1H3/b9-4+. The maximum atomic E-state index is 12.8. The van der Waals surface area contributed by atoms with Crippen molar-refractivity contribution >= 4 is 29.4 Å². The van der Waals surface area contributed by atoms with Gasteiger partial charge in [-0.15, -0.1) is 0 Å². The summed E-state index contributed by atoms with van der Waals surface area (Å²) in [5.41, 5.74) is 0.956. The van der Waals surface area contributed by atoms with Gasteiger partial charge in [-0.25, -0.2) is 9.18 Å². The van der Waals surface area contributed by atoms with E-state index >= 15 is 0 Å². The third kappa shape index (κ3) is 4.93. The van der Waals surface area contributed by atoms with Crippen molar-refractivity contribution in [3.05, 3.63) is 70.5 Å². The van der Waals surface area contributed by atoms with Crippen LogP contribution in [0.25, 0.3) is 6.08 Å². The van der Waals surface area contributed by atoms with E-state index in [0.717, 1.165) is 0 Å². The van der Waals surface area contributed by atoms with Gasteiger partial charge in [0.05, 0.1) is 12.1 Å². The molecule has 2 aromatic rings. The van der Waals surface area contributed by atoms with Crippen molar-refractivity contribution in [2.45, 2.75) is 0 Å². The molecule has 0 radical (unpaired) electrons. The molecule has 2 aromatic carbocycles. The zero-order valence-electron chi connectivity index (χ0n) is 12.8. The van der Waals surface area contributed by atoms with Crippen LogP contribution in [0.1, 0.15) is 15.9 Å². The number of hydrogen-bond donors (Lipinski definition) is 0. The predicted octanol–water partition coefficient (Wildman–Crippen LogP) is 3.93. The highest BCUT2D eigenvalue weighted by atomic mass is 35.5. The minimum Gasteiger partial charge on any atom is -0.495 e. The fourth-order valence-corrected chi connectivity index (χ4v) is 2.10. The van der Waals surface area contributed by atoms with E-state index in [1.807, 2.05) is 0 Å². The molecule has 0 N–H and O–H groups in total. The number of benzene rings is 2. The first-order chi connectivity index (χ1) is 11.5. The van der Waals surface area contributed by atoms with Gasteiger partial charge in [-0.1, -0.05) is 23.7 Å². The molecule has 0 heterocycles. The van der Waals surface area contributed by atoms with Crippen molar-refractivity contribution < 1.29 is 23.5 Å². The SMILES string of the molecule is COc1ccc(C(=O)COC(=O)/C=C/c2ccc(F)cc2)cc1Cl. The molecule has 0 bridgehead atoms. The molecule has 0 fully saturated rings. The summed E-state index contributed by atoms with van der Waals surface area (Å²) in [6.45, 7) is -0.407. The quantitative estimate of drug-likeness (QED) is 0.451. The largest absolute Gasteiger partial charge is 0.495 e. The van der Waals surface area contributed by atoms with E-state index in [-0.39, 0.29) is 11.6 Å². The maximum absolute atomic E-state index is 12.8. The summed E-state index contributed by atoms with van der Waals surface area (Å²) in [7, 11) is 1.47. The molecule has 6 heteroatoms. The van der Waals surface area contributed by atoms with Crippen LogP contribution in [0.5, 0.6) is 5.75 Å². The molecule has 0 aliphatic heterocycles. The molecule has 4 nitrogen and oxygen atoms in total. The lowest BCUT2D eigenvalue weighted by atomic mass is 10.1. The summed E-state index contributed by atoms with van der Waals surface area (Å²) >= 11 is 5.94. The molecule has 0 aliphatic carbocycles. The molecule has 0 spiro atoms. The number of carbonyl (C=O) groups is 2. The highest BCUT2D eigenvalue weighted by Crippen LogP contribution is 2.25. The number of halogens is 2. The number of carbonyl (C=O) groups excluding carboxylic acids is 2. The molecule has 0 aromatic heterocycles. The van der Waals surface area contributed by atoms with E-state index < -0.39 is 12.6 Å². The van der Waals surface area contributed by atoms with Crippen LogP contribution in [-0.2, 0) is 9.53 Å². The molecule has 24 heavy (non-hydrogen) atoms. The van der Waals surface area contributed by atoms with Crippen LogP contribution in [0, 0.1) is 5.82 Å². The Balaban J connectivity index is 1.90. The summed E-state index contributed by atoms with van der Waals surface area (Å²) < 4.78 is 22.6. The normalized spacial score (nSPS) is 10.6. The third-order valence-electron chi connectivity index (χ3n) is 3.10. The number of Topliss-reactive ketones (excluding diaryl/α,β-unsaturated/α-hetero) is 1. The molecule has 0 amide bonds. The molecule has 124 valence electrons. The number of methoxy groups -OCH3 is 1. The minimum atomic E-state index is -0.674. The summed E-state index contributed by atoms with van der Waals surface area (Å²) in [5.74, 6) is -0.971. The van der Waals surface area contributed by atoms with Gasteiger partial charge in [-0.05, 0) is 42.0 Å². The minimum absolute atomic E-state index is 0.297. The Morgan fingerprint density at radius 3 is 2.50 bits per heavy atom. The highest BCUT2D eigenvalue weighted by molar-refractivity contribution is 6.32. The lowest BCUT2D eigenvalue weighted by Gasteiger charge is -2.05. The maximum Gasteiger partial charge on any atom is 0.331 e. The lowest BCUT2D eigenvalue weighted by molar-refractivity contribution is -0.136. The fraction of sp³-hybridized carbons (Fsp3) is 0.111. The van der Waals surface area contributed by atoms with E-state index in [1.165, 1.54) is 55.7 Å². The summed E-state index contributed by atoms with van der Waals surface area (Å²) in [6.07, 6.45) is 2.64. The number of hydrogen-bond acceptors (Lipinski definition) is 4. The van der Waals surface area contributed by atoms with Gasteiger partial charge < -0.3 is 9.47 Å². The van der Waals surface area contributed by atoms with E-state index in [9.17, 15) is 14.0 Å². The second-order valence-electron chi connectivity index (χ2n) is 4.77. The number of esters is 1. The number of rotatable bonds is 6. The monoisotopic (exact) mass is 348 g/mol. The second-order valence-corrected chi connectivity index (χ2v) is 5.17. The van der Waals surface area contributed by atoms with Crippen LogP contribution in [-0.4, -0.2) is 25.5 Å². The first-order valence-corrected chi connectivity index (χ1v) is 7.34. The first kappa shape index (κ1) is 17.7. The zero-order valence-corrected chi connectivity index (χ0v) is 13.5. The highest BCUT2D eigenvalue weighted by Gasteiger charge is 2.11. The Morgan fingerprint density at radius 2 is 1.88 bits per heavy atom. The van der Waals surface area contributed by atoms with E-state index in [4.69, 9.17) is 21.1 Å². The van der Waals surface area contributed by atoms with E-state index in [0.29, 0.717) is 21.9 Å². The van der Waals surface area contributed by atoms with Crippen LogP contribution in [0.2, 0.25) is 5.02 Å². The molecule has 0 saturated carbocycles. The number of ketones is 1. The van der Waals surface area contributed by atoms with E-state index in [1.54, 1.807) is 6.07 Å². The van der Waals surface area contributed by atoms with Crippen molar-refractivity contribution in [3.63, 3.8) is 0 Å². The smallest absolute Gasteiger partial charge is 0.331 e. The zero-order chi connectivity index (χ0) is 17.5. The first-order valence-electron chi connectivity index (χ1n) is 6.97. The summed E-state index contributed by atoms with van der Waals surface area (Å²) in [5, 5.41) is 0.297. The van der Waals surface area contributed by atoms with Gasteiger partial charge in [0.15, 0.2) is 12.4 Å². The molecular weight excluding hydrogens is 335 g/mol. The fourth-order valence-electron chi connectivity index (χ4n) is 1.85. The Morgan fingerprint density at radius 1 is 1.17 bits per heavy atom. The van der Waals surface area contributed by atoms with Gasteiger partial charge in [0.1, 0.15) is 11.6 Å². The van der Waals surface area contributed by atoms with Crippen LogP contribution in [0.15, 0.2) is 48.5 Å². The van der Waals surface area contributed by atoms with Crippen molar-refractivity contribution in [2.24, 2.45) is 0 Å². The Kier molecular flexibility index (Phi) is 6.09. The predicted molar refractivity (Wildman–Crippen MR) is 88.7 cm³/mol. The molecular formula is C18H14ClFO4. The summed E-state index contributed by atoms with van der Waals surface area (Å²) in [6, 6.07) is 10.1. The Hall–Kier alpha value is -2.66. The number of ether oxygens (including phenoxy) is 2. The van der Waals surface area contributed by atoms with Crippen LogP contribution < -0.4 is 4.74 Å². The average Bonchev–Trinajstić information content (AvgIpc) is 2.59. The molecule has 0 unspecified atom stereocenters. The van der Waals surface area contributed by atoms with Gasteiger partial charge in [0, 0.05) is 11.6 Å². The topological polar surface area (TPSA) is 52.6 Å². The molecule has 0 atom stereocenters. The average molecular weight is 349 g/mol. The van der Waals surface area contributed by atoms with Crippen molar-refractivity contribution in [1.29, 1.82) is 0 Å². The van der Waals surface area contributed by atoms with Gasteiger partial charge in [-0.3, -0.25) is 4.79 Å².